The number of thiazole rings is 1. The largest absolute Gasteiger partial charge is 0.493 e. The van der Waals surface area contributed by atoms with Crippen LogP contribution in [-0.2, 0) is 6.61 Å². The Hall–Kier alpha value is -3.64. The zero-order valence-electron chi connectivity index (χ0n) is 17.3. The van der Waals surface area contributed by atoms with Gasteiger partial charge >= 0.3 is 0 Å². The molecule has 0 atom stereocenters. The molecule has 0 saturated heterocycles. The predicted octanol–water partition coefficient (Wildman–Crippen LogP) is 5.96. The molecule has 4 aromatic rings. The maximum absolute atomic E-state index is 12.5. The van der Waals surface area contributed by atoms with Gasteiger partial charge in [-0.3, -0.25) is 4.79 Å². The molecule has 0 aliphatic heterocycles. The SMILES string of the molecule is COc1cc(-c2nc(C(=O)Nc3ccc(C)cc3)cs2)ccc1OCc1ccccc1. The van der Waals surface area contributed by atoms with Crippen LogP contribution in [0.3, 0.4) is 0 Å². The van der Waals surface area contributed by atoms with E-state index in [0.29, 0.717) is 23.8 Å². The zero-order valence-corrected chi connectivity index (χ0v) is 18.1. The first-order valence-electron chi connectivity index (χ1n) is 9.81. The molecule has 6 heteroatoms. The maximum Gasteiger partial charge on any atom is 0.275 e. The molecule has 0 aliphatic rings. The van der Waals surface area contributed by atoms with Gasteiger partial charge in [0.25, 0.3) is 5.91 Å². The number of amides is 1. The van der Waals surface area contributed by atoms with E-state index in [1.54, 1.807) is 12.5 Å². The number of hydrogen-bond donors (Lipinski definition) is 1. The van der Waals surface area contributed by atoms with Gasteiger partial charge in [0.05, 0.1) is 7.11 Å². The standard InChI is InChI=1S/C25H22N2O3S/c1-17-8-11-20(12-9-17)26-24(28)21-16-31-25(27-21)19-10-13-22(23(14-19)29-2)30-15-18-6-4-3-5-7-18/h3-14,16H,15H2,1-2H3,(H,26,28). The molecular weight excluding hydrogens is 408 g/mol. The molecule has 3 aromatic carbocycles. The Morgan fingerprint density at radius 3 is 2.52 bits per heavy atom. The van der Waals surface area contributed by atoms with Gasteiger partial charge in [0.2, 0.25) is 0 Å². The summed E-state index contributed by atoms with van der Waals surface area (Å²) < 4.78 is 11.4. The van der Waals surface area contributed by atoms with Crippen molar-refractivity contribution in [2.24, 2.45) is 0 Å². The van der Waals surface area contributed by atoms with E-state index < -0.39 is 0 Å². The van der Waals surface area contributed by atoms with E-state index in [1.807, 2.05) is 79.7 Å². The monoisotopic (exact) mass is 430 g/mol. The second-order valence-electron chi connectivity index (χ2n) is 7.00. The summed E-state index contributed by atoms with van der Waals surface area (Å²) in [7, 11) is 1.61. The van der Waals surface area contributed by atoms with Gasteiger partial charge in [-0.1, -0.05) is 48.0 Å². The summed E-state index contributed by atoms with van der Waals surface area (Å²) in [6.07, 6.45) is 0. The van der Waals surface area contributed by atoms with E-state index in [2.05, 4.69) is 10.3 Å². The molecule has 0 saturated carbocycles. The molecule has 156 valence electrons. The number of anilines is 1. The van der Waals surface area contributed by atoms with Gasteiger partial charge in [-0.2, -0.15) is 0 Å². The van der Waals surface area contributed by atoms with Gasteiger partial charge in [0.15, 0.2) is 11.5 Å². The van der Waals surface area contributed by atoms with Crippen molar-refractivity contribution in [3.63, 3.8) is 0 Å². The average Bonchev–Trinajstić information content (AvgIpc) is 3.30. The summed E-state index contributed by atoms with van der Waals surface area (Å²) in [6.45, 7) is 2.46. The third-order valence-electron chi connectivity index (χ3n) is 4.69. The fourth-order valence-corrected chi connectivity index (χ4v) is 3.79. The molecule has 1 aromatic heterocycles. The number of carbonyl (C=O) groups is 1. The van der Waals surface area contributed by atoms with Crippen LogP contribution in [0.4, 0.5) is 5.69 Å². The number of aromatic nitrogens is 1. The predicted molar refractivity (Wildman–Crippen MR) is 124 cm³/mol. The summed E-state index contributed by atoms with van der Waals surface area (Å²) >= 11 is 1.41. The Morgan fingerprint density at radius 1 is 1.00 bits per heavy atom. The second-order valence-corrected chi connectivity index (χ2v) is 7.86. The van der Waals surface area contributed by atoms with Gasteiger partial charge in [-0.15, -0.1) is 11.3 Å². The molecule has 0 spiro atoms. The molecular formula is C25H22N2O3S. The minimum absolute atomic E-state index is 0.235. The van der Waals surface area contributed by atoms with Gasteiger partial charge in [0, 0.05) is 16.6 Å². The van der Waals surface area contributed by atoms with Crippen LogP contribution in [0, 0.1) is 6.92 Å². The van der Waals surface area contributed by atoms with Crippen LogP contribution in [0.1, 0.15) is 21.6 Å². The van der Waals surface area contributed by atoms with Crippen molar-refractivity contribution in [3.05, 3.63) is 95.0 Å². The number of benzene rings is 3. The molecule has 0 unspecified atom stereocenters. The lowest BCUT2D eigenvalue weighted by Crippen LogP contribution is -2.12. The highest BCUT2D eigenvalue weighted by Gasteiger charge is 2.14. The minimum atomic E-state index is -0.235. The van der Waals surface area contributed by atoms with E-state index in [9.17, 15) is 4.79 Å². The number of methoxy groups -OCH3 is 1. The lowest BCUT2D eigenvalue weighted by atomic mass is 10.2. The summed E-state index contributed by atoms with van der Waals surface area (Å²) in [5, 5.41) is 5.37. The summed E-state index contributed by atoms with van der Waals surface area (Å²) in [5.41, 5.74) is 4.20. The quantitative estimate of drug-likeness (QED) is 0.393. The first-order chi connectivity index (χ1) is 15.1. The van der Waals surface area contributed by atoms with Crippen molar-refractivity contribution in [1.82, 2.24) is 4.98 Å². The number of nitrogens with one attached hydrogen (secondary N) is 1. The van der Waals surface area contributed by atoms with E-state index >= 15 is 0 Å². The summed E-state index contributed by atoms with van der Waals surface area (Å²) in [4.78, 5) is 17.0. The summed E-state index contributed by atoms with van der Waals surface area (Å²) in [5.74, 6) is 1.04. The lowest BCUT2D eigenvalue weighted by molar-refractivity contribution is 0.102. The lowest BCUT2D eigenvalue weighted by Gasteiger charge is -2.11. The number of ether oxygens (including phenoxy) is 2. The Labute approximate surface area is 185 Å². The highest BCUT2D eigenvalue weighted by molar-refractivity contribution is 7.13. The number of carbonyl (C=O) groups excluding carboxylic acids is 1. The van der Waals surface area contributed by atoms with Crippen molar-refractivity contribution in [2.45, 2.75) is 13.5 Å². The average molecular weight is 431 g/mol. The van der Waals surface area contributed by atoms with E-state index in [-0.39, 0.29) is 5.91 Å². The van der Waals surface area contributed by atoms with Crippen molar-refractivity contribution < 1.29 is 14.3 Å². The normalized spacial score (nSPS) is 10.5. The molecule has 4 rings (SSSR count). The van der Waals surface area contributed by atoms with Crippen LogP contribution >= 0.6 is 11.3 Å². The molecule has 1 N–H and O–H groups in total. The van der Waals surface area contributed by atoms with Crippen molar-refractivity contribution in [1.29, 1.82) is 0 Å². The molecule has 1 amide bonds. The van der Waals surface area contributed by atoms with Crippen molar-refractivity contribution >= 4 is 22.9 Å². The topological polar surface area (TPSA) is 60.5 Å². The number of aryl methyl sites for hydroxylation is 1. The van der Waals surface area contributed by atoms with Gasteiger partial charge < -0.3 is 14.8 Å². The first-order valence-corrected chi connectivity index (χ1v) is 10.7. The van der Waals surface area contributed by atoms with E-state index in [1.165, 1.54) is 11.3 Å². The van der Waals surface area contributed by atoms with Crippen LogP contribution in [-0.4, -0.2) is 18.0 Å². The molecule has 0 radical (unpaired) electrons. The molecule has 1 heterocycles. The van der Waals surface area contributed by atoms with E-state index in [4.69, 9.17) is 9.47 Å². The van der Waals surface area contributed by atoms with Crippen LogP contribution in [0.5, 0.6) is 11.5 Å². The Kier molecular flexibility index (Phi) is 6.29. The van der Waals surface area contributed by atoms with Gasteiger partial charge in [-0.05, 0) is 42.8 Å². The second kappa shape index (κ2) is 9.45. The van der Waals surface area contributed by atoms with Crippen LogP contribution in [0.2, 0.25) is 0 Å². The number of rotatable bonds is 7. The van der Waals surface area contributed by atoms with Gasteiger partial charge in [-0.25, -0.2) is 4.98 Å². The molecule has 0 aliphatic carbocycles. The third kappa shape index (κ3) is 5.10. The Bertz CT molecular complexity index is 1170. The van der Waals surface area contributed by atoms with Gasteiger partial charge in [0.1, 0.15) is 17.3 Å². The van der Waals surface area contributed by atoms with Crippen molar-refractivity contribution in [3.8, 4) is 22.1 Å². The smallest absolute Gasteiger partial charge is 0.275 e. The highest BCUT2D eigenvalue weighted by atomic mass is 32.1. The molecule has 5 nitrogen and oxygen atoms in total. The van der Waals surface area contributed by atoms with Crippen LogP contribution in [0.15, 0.2) is 78.2 Å². The highest BCUT2D eigenvalue weighted by Crippen LogP contribution is 2.34. The fraction of sp³-hybridized carbons (Fsp3) is 0.120. The van der Waals surface area contributed by atoms with E-state index in [0.717, 1.165) is 27.4 Å². The zero-order chi connectivity index (χ0) is 21.6. The number of nitrogens with zero attached hydrogens (tertiary/aromatic N) is 1. The maximum atomic E-state index is 12.5. The number of hydrogen-bond acceptors (Lipinski definition) is 5. The molecule has 0 fully saturated rings. The molecule has 31 heavy (non-hydrogen) atoms. The van der Waals surface area contributed by atoms with Crippen LogP contribution in [0.25, 0.3) is 10.6 Å². The molecule has 0 bridgehead atoms. The van der Waals surface area contributed by atoms with Crippen molar-refractivity contribution in [2.75, 3.05) is 12.4 Å². The third-order valence-corrected chi connectivity index (χ3v) is 5.59. The first kappa shape index (κ1) is 20.6. The Balaban J connectivity index is 1.47. The minimum Gasteiger partial charge on any atom is -0.493 e. The summed E-state index contributed by atoms with van der Waals surface area (Å²) in [6, 6.07) is 23.3. The van der Waals surface area contributed by atoms with Crippen LogP contribution < -0.4 is 14.8 Å². The Morgan fingerprint density at radius 2 is 1.77 bits per heavy atom. The fourth-order valence-electron chi connectivity index (χ4n) is 3.00.